The molecule has 0 aliphatic heterocycles. The van der Waals surface area contributed by atoms with Crippen LogP contribution in [0.1, 0.15) is 37.4 Å². The summed E-state index contributed by atoms with van der Waals surface area (Å²) in [5, 5.41) is 12.5. The molecular formula is C13H19F2NO. The van der Waals surface area contributed by atoms with Crippen molar-refractivity contribution in [3.05, 3.63) is 35.4 Å². The van der Waals surface area contributed by atoms with E-state index in [1.165, 1.54) is 12.1 Å². The molecule has 4 heteroatoms. The number of benzene rings is 1. The van der Waals surface area contributed by atoms with Crippen molar-refractivity contribution in [3.63, 3.8) is 0 Å². The lowest BCUT2D eigenvalue weighted by Gasteiger charge is -2.18. The molecule has 0 saturated heterocycles. The summed E-state index contributed by atoms with van der Waals surface area (Å²) in [6.45, 7) is 4.88. The smallest absolute Gasteiger partial charge is 0.263 e. The minimum atomic E-state index is -2.44. The molecule has 0 aliphatic rings. The zero-order chi connectivity index (χ0) is 12.8. The Balaban J connectivity index is 2.68. The van der Waals surface area contributed by atoms with Crippen LogP contribution < -0.4 is 5.32 Å². The normalized spacial score (nSPS) is 13.4. The zero-order valence-corrected chi connectivity index (χ0v) is 10.2. The molecule has 1 unspecified atom stereocenters. The van der Waals surface area contributed by atoms with Crippen LogP contribution in [0.2, 0.25) is 0 Å². The lowest BCUT2D eigenvalue weighted by atomic mass is 10.0. The first kappa shape index (κ1) is 14.1. The summed E-state index contributed by atoms with van der Waals surface area (Å²) in [4.78, 5) is 0. The largest absolute Gasteiger partial charge is 0.394 e. The van der Waals surface area contributed by atoms with Crippen LogP contribution >= 0.6 is 0 Å². The van der Waals surface area contributed by atoms with E-state index >= 15 is 0 Å². The van der Waals surface area contributed by atoms with Crippen molar-refractivity contribution >= 4 is 0 Å². The summed E-state index contributed by atoms with van der Waals surface area (Å²) in [5.74, 6) is 0.476. The monoisotopic (exact) mass is 243 g/mol. The fourth-order valence-corrected chi connectivity index (χ4v) is 1.54. The Morgan fingerprint density at radius 2 is 1.65 bits per heavy atom. The van der Waals surface area contributed by atoms with Crippen molar-refractivity contribution in [3.8, 4) is 0 Å². The Morgan fingerprint density at radius 3 is 2.06 bits per heavy atom. The molecule has 0 bridgehead atoms. The first-order valence-corrected chi connectivity index (χ1v) is 5.76. The van der Waals surface area contributed by atoms with Crippen molar-refractivity contribution in [1.82, 2.24) is 5.32 Å². The number of hydrogen-bond donors (Lipinski definition) is 2. The van der Waals surface area contributed by atoms with Gasteiger partial charge in [0.05, 0.1) is 12.6 Å². The third-order valence-electron chi connectivity index (χ3n) is 2.55. The first-order valence-electron chi connectivity index (χ1n) is 5.76. The average molecular weight is 243 g/mol. The molecule has 0 aliphatic carbocycles. The molecule has 1 rings (SSSR count). The van der Waals surface area contributed by atoms with Crippen LogP contribution in [-0.2, 0) is 0 Å². The molecule has 2 nitrogen and oxygen atoms in total. The highest BCUT2D eigenvalue weighted by atomic mass is 19.3. The van der Waals surface area contributed by atoms with Crippen LogP contribution in [0.3, 0.4) is 0 Å². The van der Waals surface area contributed by atoms with Crippen molar-refractivity contribution in [2.75, 3.05) is 13.2 Å². The van der Waals surface area contributed by atoms with E-state index < -0.39 is 6.43 Å². The number of halogens is 2. The van der Waals surface area contributed by atoms with Gasteiger partial charge < -0.3 is 10.4 Å². The maximum absolute atomic E-state index is 12.4. The predicted molar refractivity (Wildman–Crippen MR) is 64.1 cm³/mol. The molecule has 2 N–H and O–H groups in total. The number of aliphatic hydroxyl groups is 1. The molecule has 0 spiro atoms. The van der Waals surface area contributed by atoms with Gasteiger partial charge in [-0.05, 0) is 18.0 Å². The molecular weight excluding hydrogens is 224 g/mol. The molecule has 0 heterocycles. The fourth-order valence-electron chi connectivity index (χ4n) is 1.54. The molecule has 0 aromatic heterocycles. The molecule has 0 fully saturated rings. The third kappa shape index (κ3) is 4.40. The van der Waals surface area contributed by atoms with E-state index in [4.69, 9.17) is 0 Å². The Bertz CT molecular complexity index is 325. The highest BCUT2D eigenvalue weighted by Gasteiger charge is 2.12. The quantitative estimate of drug-likeness (QED) is 0.805. The lowest BCUT2D eigenvalue weighted by molar-refractivity contribution is 0.151. The second-order valence-corrected chi connectivity index (χ2v) is 4.50. The third-order valence-corrected chi connectivity index (χ3v) is 2.55. The van der Waals surface area contributed by atoms with E-state index in [1.807, 2.05) is 0 Å². The van der Waals surface area contributed by atoms with E-state index in [0.29, 0.717) is 5.92 Å². The number of rotatable bonds is 6. The van der Waals surface area contributed by atoms with Crippen LogP contribution in [0.25, 0.3) is 0 Å². The molecule has 1 aromatic carbocycles. The van der Waals surface area contributed by atoms with Crippen molar-refractivity contribution in [1.29, 1.82) is 0 Å². The average Bonchev–Trinajstić information content (AvgIpc) is 2.30. The Labute approximate surface area is 101 Å². The highest BCUT2D eigenvalue weighted by molar-refractivity contribution is 5.25. The van der Waals surface area contributed by atoms with Gasteiger partial charge in [-0.3, -0.25) is 0 Å². The van der Waals surface area contributed by atoms with E-state index in [-0.39, 0.29) is 18.2 Å². The summed E-state index contributed by atoms with van der Waals surface area (Å²) in [5.41, 5.74) is 0.840. The maximum atomic E-state index is 12.4. The van der Waals surface area contributed by atoms with E-state index in [2.05, 4.69) is 19.2 Å². The second kappa shape index (κ2) is 6.67. The summed E-state index contributed by atoms with van der Waals surface area (Å²) < 4.78 is 24.7. The predicted octanol–water partition coefficient (Wildman–Crippen LogP) is 2.90. The van der Waals surface area contributed by atoms with E-state index in [1.54, 1.807) is 12.1 Å². The van der Waals surface area contributed by atoms with E-state index in [9.17, 15) is 13.9 Å². The number of hydrogen-bond acceptors (Lipinski definition) is 2. The molecule has 1 atom stereocenters. The topological polar surface area (TPSA) is 32.3 Å². The number of aliphatic hydroxyl groups excluding tert-OH is 1. The van der Waals surface area contributed by atoms with Gasteiger partial charge in [0.25, 0.3) is 6.43 Å². The van der Waals surface area contributed by atoms with Crippen LogP contribution in [0.15, 0.2) is 24.3 Å². The van der Waals surface area contributed by atoms with Crippen molar-refractivity contribution in [2.45, 2.75) is 26.3 Å². The molecule has 96 valence electrons. The maximum Gasteiger partial charge on any atom is 0.263 e. The van der Waals surface area contributed by atoms with Gasteiger partial charge in [-0.2, -0.15) is 0 Å². The summed E-state index contributed by atoms with van der Waals surface area (Å²) in [7, 11) is 0. The summed E-state index contributed by atoms with van der Waals surface area (Å²) in [6, 6.07) is 5.88. The molecule has 1 aromatic rings. The Morgan fingerprint density at radius 1 is 1.12 bits per heavy atom. The molecule has 0 amide bonds. The summed E-state index contributed by atoms with van der Waals surface area (Å²) in [6.07, 6.45) is -2.44. The second-order valence-electron chi connectivity index (χ2n) is 4.50. The van der Waals surface area contributed by atoms with Gasteiger partial charge in [-0.25, -0.2) is 8.78 Å². The van der Waals surface area contributed by atoms with Crippen LogP contribution in [0.5, 0.6) is 0 Å². The van der Waals surface area contributed by atoms with Crippen LogP contribution in [-0.4, -0.2) is 18.3 Å². The summed E-state index contributed by atoms with van der Waals surface area (Å²) >= 11 is 0. The SMILES string of the molecule is CC(C)CNC(CO)c1ccc(C(F)F)cc1. The van der Waals surface area contributed by atoms with E-state index in [0.717, 1.165) is 12.1 Å². The Hall–Kier alpha value is -1.00. The van der Waals surface area contributed by atoms with Crippen molar-refractivity contribution < 1.29 is 13.9 Å². The minimum absolute atomic E-state index is 0.00861. The van der Waals surface area contributed by atoms with Crippen LogP contribution in [0.4, 0.5) is 8.78 Å². The fraction of sp³-hybridized carbons (Fsp3) is 0.538. The number of alkyl halides is 2. The first-order chi connectivity index (χ1) is 8.04. The molecule has 17 heavy (non-hydrogen) atoms. The molecule has 0 saturated carbocycles. The van der Waals surface area contributed by atoms with Gasteiger partial charge in [-0.15, -0.1) is 0 Å². The molecule has 0 radical (unpaired) electrons. The Kier molecular flexibility index (Phi) is 5.51. The van der Waals surface area contributed by atoms with Gasteiger partial charge in [0.1, 0.15) is 0 Å². The highest BCUT2D eigenvalue weighted by Crippen LogP contribution is 2.21. The lowest BCUT2D eigenvalue weighted by Crippen LogP contribution is -2.27. The van der Waals surface area contributed by atoms with Gasteiger partial charge in [0.15, 0.2) is 0 Å². The van der Waals surface area contributed by atoms with Gasteiger partial charge >= 0.3 is 0 Å². The van der Waals surface area contributed by atoms with Gasteiger partial charge in [0, 0.05) is 5.56 Å². The minimum Gasteiger partial charge on any atom is -0.394 e. The van der Waals surface area contributed by atoms with Crippen LogP contribution in [0, 0.1) is 5.92 Å². The van der Waals surface area contributed by atoms with Gasteiger partial charge in [0.2, 0.25) is 0 Å². The zero-order valence-electron chi connectivity index (χ0n) is 10.2. The standard InChI is InChI=1S/C13H19F2NO/c1-9(2)7-16-12(8-17)10-3-5-11(6-4-10)13(14)15/h3-6,9,12-13,16-17H,7-8H2,1-2H3. The number of nitrogens with one attached hydrogen (secondary N) is 1. The van der Waals surface area contributed by atoms with Gasteiger partial charge in [-0.1, -0.05) is 38.1 Å². The van der Waals surface area contributed by atoms with Crippen molar-refractivity contribution in [2.24, 2.45) is 5.92 Å².